The lowest BCUT2D eigenvalue weighted by Crippen LogP contribution is -2.50. The van der Waals surface area contributed by atoms with Crippen LogP contribution in [0, 0.1) is 0 Å². The van der Waals surface area contributed by atoms with Crippen LogP contribution in [0.15, 0.2) is 29.2 Å². The first-order chi connectivity index (χ1) is 9.98. The molecule has 116 valence electrons. The molecule has 2 rings (SSSR count). The third-order valence-corrected chi connectivity index (χ3v) is 5.95. The van der Waals surface area contributed by atoms with E-state index >= 15 is 0 Å². The Balaban J connectivity index is 2.09. The number of alkyl halides is 1. The minimum absolute atomic E-state index is 0.275. The van der Waals surface area contributed by atoms with Gasteiger partial charge in [0.25, 0.3) is 0 Å². The number of hydrogen-bond acceptors (Lipinski definition) is 4. The van der Waals surface area contributed by atoms with E-state index in [1.54, 1.807) is 24.3 Å². The maximum absolute atomic E-state index is 12.5. The molecule has 1 aliphatic heterocycles. The number of carbonyl (C=O) groups excluding carboxylic acids is 1. The Morgan fingerprint density at radius 3 is 2.24 bits per heavy atom. The number of amides is 1. The zero-order valence-corrected chi connectivity index (χ0v) is 14.1. The zero-order valence-electron chi connectivity index (χ0n) is 11.7. The fraction of sp³-hybridized carbons (Fsp3) is 0.462. The summed E-state index contributed by atoms with van der Waals surface area (Å²) in [5, 5.41) is 0.686. The van der Waals surface area contributed by atoms with Gasteiger partial charge in [0.15, 0.2) is 0 Å². The maximum atomic E-state index is 12.5. The van der Waals surface area contributed by atoms with Crippen LogP contribution in [0.4, 0.5) is 4.79 Å². The summed E-state index contributed by atoms with van der Waals surface area (Å²) in [5.74, 6) is 0. The molecule has 1 fully saturated rings. The summed E-state index contributed by atoms with van der Waals surface area (Å²) in [6, 6.07) is 6.79. The Hall–Kier alpha value is -1.12. The highest BCUT2D eigenvalue weighted by Crippen LogP contribution is 2.19. The van der Waals surface area contributed by atoms with E-state index in [9.17, 15) is 13.2 Å². The van der Waals surface area contributed by atoms with Crippen LogP contribution >= 0.6 is 15.9 Å². The van der Waals surface area contributed by atoms with E-state index < -0.39 is 16.1 Å². The molecular weight excluding hydrogens is 360 g/mol. The average molecular weight is 377 g/mol. The van der Waals surface area contributed by atoms with E-state index in [1.165, 1.54) is 16.3 Å². The van der Waals surface area contributed by atoms with E-state index in [0.29, 0.717) is 18.4 Å². The van der Waals surface area contributed by atoms with Crippen LogP contribution in [-0.2, 0) is 20.1 Å². The molecule has 0 aromatic heterocycles. The van der Waals surface area contributed by atoms with Crippen LogP contribution in [-0.4, -0.2) is 57.0 Å². The number of sulfonamides is 1. The molecular formula is C13H17BrN2O4S. The number of halogens is 1. The summed E-state index contributed by atoms with van der Waals surface area (Å²) in [4.78, 5) is 13.2. The van der Waals surface area contributed by atoms with Crippen molar-refractivity contribution in [2.45, 2.75) is 10.2 Å². The molecule has 0 atom stereocenters. The first-order valence-electron chi connectivity index (χ1n) is 6.47. The predicted octanol–water partition coefficient (Wildman–Crippen LogP) is 1.65. The highest BCUT2D eigenvalue weighted by Gasteiger charge is 2.30. The van der Waals surface area contributed by atoms with Gasteiger partial charge in [0.05, 0.1) is 12.0 Å². The molecule has 0 aliphatic carbocycles. The number of piperazine rings is 1. The molecule has 1 heterocycles. The molecule has 8 heteroatoms. The van der Waals surface area contributed by atoms with Gasteiger partial charge in [-0.1, -0.05) is 28.1 Å². The largest absolute Gasteiger partial charge is 0.453 e. The molecule has 1 aliphatic rings. The standard InChI is InChI=1S/C13H17BrN2O4S/c1-20-13(17)15-6-8-16(9-7-15)21(18,19)12-4-2-11(10-14)3-5-12/h2-5H,6-10H2,1H3. The molecule has 1 saturated heterocycles. The summed E-state index contributed by atoms with van der Waals surface area (Å²) < 4.78 is 31.1. The van der Waals surface area contributed by atoms with Crippen molar-refractivity contribution < 1.29 is 17.9 Å². The highest BCUT2D eigenvalue weighted by atomic mass is 79.9. The van der Waals surface area contributed by atoms with Gasteiger partial charge in [-0.3, -0.25) is 0 Å². The summed E-state index contributed by atoms with van der Waals surface area (Å²) in [5.41, 5.74) is 1.02. The normalized spacial score (nSPS) is 16.8. The molecule has 0 radical (unpaired) electrons. The minimum Gasteiger partial charge on any atom is -0.453 e. The Morgan fingerprint density at radius 1 is 1.19 bits per heavy atom. The van der Waals surface area contributed by atoms with Gasteiger partial charge in [-0.05, 0) is 17.7 Å². The molecule has 1 amide bonds. The fourth-order valence-electron chi connectivity index (χ4n) is 2.14. The van der Waals surface area contributed by atoms with Crippen LogP contribution in [0.2, 0.25) is 0 Å². The fourth-order valence-corrected chi connectivity index (χ4v) is 3.94. The molecule has 1 aromatic rings. The van der Waals surface area contributed by atoms with Gasteiger partial charge in [0, 0.05) is 31.5 Å². The number of methoxy groups -OCH3 is 1. The summed E-state index contributed by atoms with van der Waals surface area (Å²) in [6.45, 7) is 1.23. The van der Waals surface area contributed by atoms with Crippen LogP contribution in [0.5, 0.6) is 0 Å². The smallest absolute Gasteiger partial charge is 0.409 e. The number of rotatable bonds is 3. The second kappa shape index (κ2) is 6.76. The van der Waals surface area contributed by atoms with E-state index in [0.717, 1.165) is 5.56 Å². The molecule has 0 N–H and O–H groups in total. The average Bonchev–Trinajstić information content (AvgIpc) is 2.54. The zero-order chi connectivity index (χ0) is 15.5. The molecule has 0 saturated carbocycles. The quantitative estimate of drug-likeness (QED) is 0.752. The van der Waals surface area contributed by atoms with Gasteiger partial charge >= 0.3 is 6.09 Å². The Kier molecular flexibility index (Phi) is 5.23. The van der Waals surface area contributed by atoms with Crippen molar-refractivity contribution >= 4 is 32.0 Å². The SMILES string of the molecule is COC(=O)N1CCN(S(=O)(=O)c2ccc(CBr)cc2)CC1. The maximum Gasteiger partial charge on any atom is 0.409 e. The van der Waals surface area contributed by atoms with Crippen molar-refractivity contribution in [2.24, 2.45) is 0 Å². The van der Waals surface area contributed by atoms with Crippen molar-refractivity contribution in [3.05, 3.63) is 29.8 Å². The van der Waals surface area contributed by atoms with Gasteiger partial charge in [0.2, 0.25) is 10.0 Å². The van der Waals surface area contributed by atoms with Crippen molar-refractivity contribution in [2.75, 3.05) is 33.3 Å². The summed E-state index contributed by atoms with van der Waals surface area (Å²) in [6.07, 6.45) is -0.422. The molecule has 6 nitrogen and oxygen atoms in total. The lowest BCUT2D eigenvalue weighted by molar-refractivity contribution is 0.108. The molecule has 0 bridgehead atoms. The van der Waals surface area contributed by atoms with Crippen LogP contribution in [0.25, 0.3) is 0 Å². The van der Waals surface area contributed by atoms with Crippen LogP contribution in [0.3, 0.4) is 0 Å². The monoisotopic (exact) mass is 376 g/mol. The number of nitrogens with zero attached hydrogens (tertiary/aromatic N) is 2. The van der Waals surface area contributed by atoms with Gasteiger partial charge in [0.1, 0.15) is 0 Å². The van der Waals surface area contributed by atoms with Crippen LogP contribution in [0.1, 0.15) is 5.56 Å². The van der Waals surface area contributed by atoms with Gasteiger partial charge < -0.3 is 9.64 Å². The first kappa shape index (κ1) is 16.3. The predicted molar refractivity (Wildman–Crippen MR) is 81.8 cm³/mol. The summed E-state index contributed by atoms with van der Waals surface area (Å²) in [7, 11) is -2.19. The Bertz CT molecular complexity index is 595. The Labute approximate surface area is 132 Å². The molecule has 21 heavy (non-hydrogen) atoms. The van der Waals surface area contributed by atoms with E-state index in [-0.39, 0.29) is 18.0 Å². The van der Waals surface area contributed by atoms with Crippen molar-refractivity contribution in [1.29, 1.82) is 0 Å². The lowest BCUT2D eigenvalue weighted by Gasteiger charge is -2.33. The second-order valence-corrected chi connectivity index (χ2v) is 7.14. The highest BCUT2D eigenvalue weighted by molar-refractivity contribution is 9.08. The lowest BCUT2D eigenvalue weighted by atomic mass is 10.2. The van der Waals surface area contributed by atoms with Crippen LogP contribution < -0.4 is 0 Å². The number of carbonyl (C=O) groups is 1. The number of ether oxygens (including phenoxy) is 1. The van der Waals surface area contributed by atoms with Gasteiger partial charge in [-0.25, -0.2) is 13.2 Å². The van der Waals surface area contributed by atoms with E-state index in [2.05, 4.69) is 20.7 Å². The minimum atomic E-state index is -3.50. The molecule has 1 aromatic carbocycles. The van der Waals surface area contributed by atoms with Crippen molar-refractivity contribution in [3.8, 4) is 0 Å². The molecule has 0 spiro atoms. The topological polar surface area (TPSA) is 66.9 Å². The number of benzene rings is 1. The van der Waals surface area contributed by atoms with Crippen molar-refractivity contribution in [3.63, 3.8) is 0 Å². The van der Waals surface area contributed by atoms with Gasteiger partial charge in [-0.15, -0.1) is 0 Å². The first-order valence-corrected chi connectivity index (χ1v) is 9.03. The van der Waals surface area contributed by atoms with Gasteiger partial charge in [-0.2, -0.15) is 4.31 Å². The molecule has 0 unspecified atom stereocenters. The summed E-state index contributed by atoms with van der Waals surface area (Å²) >= 11 is 3.33. The third kappa shape index (κ3) is 3.56. The van der Waals surface area contributed by atoms with Crippen molar-refractivity contribution in [1.82, 2.24) is 9.21 Å². The third-order valence-electron chi connectivity index (χ3n) is 3.39. The van der Waals surface area contributed by atoms with E-state index in [1.807, 2.05) is 0 Å². The second-order valence-electron chi connectivity index (χ2n) is 4.64. The Morgan fingerprint density at radius 2 is 1.76 bits per heavy atom. The van der Waals surface area contributed by atoms with E-state index in [4.69, 9.17) is 0 Å². The number of hydrogen-bond donors (Lipinski definition) is 0.